The van der Waals surface area contributed by atoms with Gasteiger partial charge in [0, 0.05) is 16.5 Å². The Morgan fingerprint density at radius 3 is 2.72 bits per heavy atom. The summed E-state index contributed by atoms with van der Waals surface area (Å²) in [6.07, 6.45) is 5.01. The van der Waals surface area contributed by atoms with Crippen molar-refractivity contribution in [1.82, 2.24) is 5.32 Å². The van der Waals surface area contributed by atoms with Crippen LogP contribution in [0.15, 0.2) is 22.7 Å². The first kappa shape index (κ1) is 14.3. The van der Waals surface area contributed by atoms with Crippen molar-refractivity contribution in [3.63, 3.8) is 0 Å². The van der Waals surface area contributed by atoms with Crippen molar-refractivity contribution in [2.45, 2.75) is 19.4 Å². The van der Waals surface area contributed by atoms with Gasteiger partial charge in [-0.3, -0.25) is 4.79 Å². The minimum atomic E-state index is -1.15. The number of aliphatic carboxylic acids is 1. The molecule has 94 valence electrons. The zero-order valence-corrected chi connectivity index (χ0v) is 11.3. The molecule has 1 unspecified atom stereocenters. The summed E-state index contributed by atoms with van der Waals surface area (Å²) in [4.78, 5) is 22.7. The van der Waals surface area contributed by atoms with Crippen molar-refractivity contribution in [1.29, 1.82) is 0 Å². The number of hydrogen-bond acceptors (Lipinski definition) is 2. The van der Waals surface area contributed by atoms with E-state index in [0.29, 0.717) is 5.56 Å². The molecular weight excluding hydrogens is 298 g/mol. The van der Waals surface area contributed by atoms with Gasteiger partial charge in [-0.25, -0.2) is 4.79 Å². The number of amides is 1. The molecule has 0 bridgehead atoms. The third kappa shape index (κ3) is 3.60. The Bertz CT molecular complexity index is 519. The van der Waals surface area contributed by atoms with Gasteiger partial charge in [-0.2, -0.15) is 0 Å². The number of rotatable bonds is 4. The lowest BCUT2D eigenvalue weighted by molar-refractivity contribution is -0.139. The van der Waals surface area contributed by atoms with E-state index < -0.39 is 17.9 Å². The molecule has 0 fully saturated rings. The lowest BCUT2D eigenvalue weighted by Crippen LogP contribution is -2.40. The van der Waals surface area contributed by atoms with Gasteiger partial charge in [0.15, 0.2) is 0 Å². The molecule has 4 nitrogen and oxygen atoms in total. The molecule has 1 rings (SSSR count). The number of carbonyl (C=O) groups is 2. The monoisotopic (exact) mass is 309 g/mol. The average Bonchev–Trinajstić information content (AvgIpc) is 2.31. The maximum absolute atomic E-state index is 11.8. The molecule has 18 heavy (non-hydrogen) atoms. The van der Waals surface area contributed by atoms with Crippen LogP contribution in [-0.2, 0) is 4.79 Å². The van der Waals surface area contributed by atoms with Crippen LogP contribution >= 0.6 is 15.9 Å². The maximum Gasteiger partial charge on any atom is 0.327 e. The summed E-state index contributed by atoms with van der Waals surface area (Å²) in [5.41, 5.74) is 1.38. The molecule has 0 saturated carbocycles. The van der Waals surface area contributed by atoms with Crippen LogP contribution in [0.3, 0.4) is 0 Å². The molecule has 1 atom stereocenters. The molecule has 0 saturated heterocycles. The van der Waals surface area contributed by atoms with E-state index >= 15 is 0 Å². The molecular formula is C13H12BrNO3. The molecule has 0 heterocycles. The Labute approximate surface area is 114 Å². The lowest BCUT2D eigenvalue weighted by Gasteiger charge is -2.12. The summed E-state index contributed by atoms with van der Waals surface area (Å²) in [6.45, 7) is 1.89. The number of halogens is 1. The van der Waals surface area contributed by atoms with Gasteiger partial charge in [0.25, 0.3) is 5.91 Å². The molecule has 1 aromatic carbocycles. The molecule has 2 N–H and O–H groups in total. The number of carboxylic acids is 1. The summed E-state index contributed by atoms with van der Waals surface area (Å²) < 4.78 is 0.791. The number of terminal acetylenes is 1. The maximum atomic E-state index is 11.8. The van der Waals surface area contributed by atoms with Gasteiger partial charge in [-0.15, -0.1) is 12.3 Å². The van der Waals surface area contributed by atoms with Crippen molar-refractivity contribution in [2.75, 3.05) is 0 Å². The lowest BCUT2D eigenvalue weighted by atomic mass is 10.1. The van der Waals surface area contributed by atoms with Crippen molar-refractivity contribution in [2.24, 2.45) is 0 Å². The van der Waals surface area contributed by atoms with Gasteiger partial charge in [-0.05, 0) is 24.6 Å². The Kier molecular flexibility index (Phi) is 4.93. The number of benzene rings is 1. The first-order valence-electron chi connectivity index (χ1n) is 5.19. The van der Waals surface area contributed by atoms with Gasteiger partial charge >= 0.3 is 5.97 Å². The standard InChI is InChI=1S/C13H12BrNO3/c1-3-4-11(13(17)18)15-12(16)9-6-5-8(2)10(14)7-9/h1,5-7,11H,4H2,2H3,(H,15,16)(H,17,18). The highest BCUT2D eigenvalue weighted by molar-refractivity contribution is 9.10. The number of aryl methyl sites for hydroxylation is 1. The molecule has 0 aliphatic carbocycles. The smallest absolute Gasteiger partial charge is 0.327 e. The van der Waals surface area contributed by atoms with E-state index in [1.54, 1.807) is 18.2 Å². The largest absolute Gasteiger partial charge is 0.480 e. The van der Waals surface area contributed by atoms with Crippen molar-refractivity contribution in [3.05, 3.63) is 33.8 Å². The number of carboxylic acid groups (broad SMARTS) is 1. The highest BCUT2D eigenvalue weighted by Crippen LogP contribution is 2.17. The minimum Gasteiger partial charge on any atom is -0.480 e. The fourth-order valence-electron chi connectivity index (χ4n) is 1.29. The zero-order chi connectivity index (χ0) is 13.7. The number of nitrogens with one attached hydrogen (secondary N) is 1. The van der Waals surface area contributed by atoms with Gasteiger partial charge in [0.1, 0.15) is 6.04 Å². The topological polar surface area (TPSA) is 66.4 Å². The van der Waals surface area contributed by atoms with Crippen LogP contribution in [0.5, 0.6) is 0 Å². The highest BCUT2D eigenvalue weighted by Gasteiger charge is 2.19. The van der Waals surface area contributed by atoms with Crippen molar-refractivity contribution < 1.29 is 14.7 Å². The first-order chi connectivity index (χ1) is 8.45. The van der Waals surface area contributed by atoms with Crippen molar-refractivity contribution >= 4 is 27.8 Å². The van der Waals surface area contributed by atoms with Crippen LogP contribution in [-0.4, -0.2) is 23.0 Å². The van der Waals surface area contributed by atoms with Gasteiger partial charge in [0.05, 0.1) is 0 Å². The average molecular weight is 310 g/mol. The third-order valence-corrected chi connectivity index (χ3v) is 3.21. The molecule has 0 aliphatic rings. The van der Waals surface area contributed by atoms with E-state index in [1.807, 2.05) is 6.92 Å². The minimum absolute atomic E-state index is 0.0475. The summed E-state index contributed by atoms with van der Waals surface area (Å²) in [5, 5.41) is 11.3. The SMILES string of the molecule is C#CCC(NC(=O)c1ccc(C)c(Br)c1)C(=O)O. The van der Waals surface area contributed by atoms with Crippen LogP contribution in [0.25, 0.3) is 0 Å². The van der Waals surface area contributed by atoms with Crippen molar-refractivity contribution in [3.8, 4) is 12.3 Å². The molecule has 5 heteroatoms. The summed E-state index contributed by atoms with van der Waals surface area (Å²) in [6, 6.07) is 3.97. The molecule has 0 radical (unpaired) electrons. The van der Waals surface area contributed by atoms with E-state index in [0.717, 1.165) is 10.0 Å². The van der Waals surface area contributed by atoms with Gasteiger partial charge in [-0.1, -0.05) is 22.0 Å². The van der Waals surface area contributed by atoms with E-state index in [2.05, 4.69) is 27.2 Å². The predicted octanol–water partition coefficient (Wildman–Crippen LogP) is 1.96. The zero-order valence-electron chi connectivity index (χ0n) is 9.74. The van der Waals surface area contributed by atoms with E-state index in [1.165, 1.54) is 0 Å². The predicted molar refractivity (Wildman–Crippen MR) is 71.2 cm³/mol. The Morgan fingerprint density at radius 2 is 2.22 bits per heavy atom. The molecule has 0 aliphatic heterocycles. The molecule has 1 aromatic rings. The van der Waals surface area contributed by atoms with Crippen LogP contribution in [0.2, 0.25) is 0 Å². The number of hydrogen-bond donors (Lipinski definition) is 2. The van der Waals surface area contributed by atoms with Crippen LogP contribution in [0.4, 0.5) is 0 Å². The molecule has 0 spiro atoms. The van der Waals surface area contributed by atoms with E-state index in [9.17, 15) is 9.59 Å². The summed E-state index contributed by atoms with van der Waals surface area (Å²) in [7, 11) is 0. The molecule has 0 aromatic heterocycles. The van der Waals surface area contributed by atoms with Crippen LogP contribution < -0.4 is 5.32 Å². The second-order valence-electron chi connectivity index (χ2n) is 3.74. The Balaban J connectivity index is 2.84. The second-order valence-corrected chi connectivity index (χ2v) is 4.59. The quantitative estimate of drug-likeness (QED) is 0.836. The first-order valence-corrected chi connectivity index (χ1v) is 5.98. The Morgan fingerprint density at radius 1 is 1.56 bits per heavy atom. The van der Waals surface area contributed by atoms with E-state index in [-0.39, 0.29) is 6.42 Å². The fraction of sp³-hybridized carbons (Fsp3) is 0.231. The normalized spacial score (nSPS) is 11.4. The summed E-state index contributed by atoms with van der Waals surface area (Å²) >= 11 is 3.31. The third-order valence-electron chi connectivity index (χ3n) is 2.36. The summed E-state index contributed by atoms with van der Waals surface area (Å²) in [5.74, 6) is 0.616. The Hall–Kier alpha value is -1.80. The number of carbonyl (C=O) groups excluding carboxylic acids is 1. The fourth-order valence-corrected chi connectivity index (χ4v) is 1.67. The molecule has 1 amide bonds. The van der Waals surface area contributed by atoms with Crippen LogP contribution in [0.1, 0.15) is 22.3 Å². The van der Waals surface area contributed by atoms with Crippen LogP contribution in [0, 0.1) is 19.3 Å². The van der Waals surface area contributed by atoms with E-state index in [4.69, 9.17) is 11.5 Å². The highest BCUT2D eigenvalue weighted by atomic mass is 79.9. The second kappa shape index (κ2) is 6.22. The van der Waals surface area contributed by atoms with Gasteiger partial charge < -0.3 is 10.4 Å². The van der Waals surface area contributed by atoms with Gasteiger partial charge in [0.2, 0.25) is 0 Å².